The number of rotatable bonds is 2. The minimum Gasteiger partial charge on any atom is -0.399 e. The summed E-state index contributed by atoms with van der Waals surface area (Å²) in [5, 5.41) is 0. The SMILES string of the molecule is CN1C(=O)Cc2cc(Cc3cccc(N)c3)ccc21. The predicted octanol–water partition coefficient (Wildman–Crippen LogP) is 2.38. The Morgan fingerprint density at radius 2 is 1.95 bits per heavy atom. The molecule has 3 nitrogen and oxygen atoms in total. The van der Waals surface area contributed by atoms with Gasteiger partial charge in [0.05, 0.1) is 6.42 Å². The first-order valence-corrected chi connectivity index (χ1v) is 6.36. The zero-order valence-electron chi connectivity index (χ0n) is 10.9. The maximum Gasteiger partial charge on any atom is 0.231 e. The molecule has 0 aliphatic carbocycles. The Morgan fingerprint density at radius 1 is 1.16 bits per heavy atom. The number of carbonyl (C=O) groups excluding carboxylic acids is 1. The number of hydrogen-bond donors (Lipinski definition) is 1. The second kappa shape index (κ2) is 4.43. The van der Waals surface area contributed by atoms with E-state index in [0.717, 1.165) is 23.4 Å². The summed E-state index contributed by atoms with van der Waals surface area (Å²) in [4.78, 5) is 13.4. The summed E-state index contributed by atoms with van der Waals surface area (Å²) in [6.07, 6.45) is 1.35. The standard InChI is InChI=1S/C16H16N2O/c1-18-15-6-5-12(8-13(15)10-16(18)19)7-11-3-2-4-14(17)9-11/h2-6,8-9H,7,10,17H2,1H3. The predicted molar refractivity (Wildman–Crippen MR) is 77.2 cm³/mol. The van der Waals surface area contributed by atoms with Crippen LogP contribution in [0, 0.1) is 0 Å². The van der Waals surface area contributed by atoms with Crippen molar-refractivity contribution in [3.63, 3.8) is 0 Å². The number of likely N-dealkylation sites (N-methyl/N-ethyl adjacent to an activating group) is 1. The van der Waals surface area contributed by atoms with Crippen LogP contribution in [0.5, 0.6) is 0 Å². The van der Waals surface area contributed by atoms with Gasteiger partial charge in [-0.25, -0.2) is 0 Å². The van der Waals surface area contributed by atoms with E-state index in [1.807, 2.05) is 31.3 Å². The van der Waals surface area contributed by atoms with E-state index in [2.05, 4.69) is 18.2 Å². The maximum atomic E-state index is 11.7. The molecule has 1 aliphatic heterocycles. The zero-order valence-corrected chi connectivity index (χ0v) is 10.9. The fourth-order valence-electron chi connectivity index (χ4n) is 2.57. The number of nitrogens with two attached hydrogens (primary N) is 1. The van der Waals surface area contributed by atoms with Crippen molar-refractivity contribution in [3.05, 3.63) is 59.2 Å². The first-order valence-electron chi connectivity index (χ1n) is 6.36. The van der Waals surface area contributed by atoms with Crippen molar-refractivity contribution in [2.75, 3.05) is 17.7 Å². The van der Waals surface area contributed by atoms with Crippen molar-refractivity contribution in [3.8, 4) is 0 Å². The molecule has 0 aromatic heterocycles. The lowest BCUT2D eigenvalue weighted by molar-refractivity contribution is -0.117. The summed E-state index contributed by atoms with van der Waals surface area (Å²) in [6, 6.07) is 14.2. The Kier molecular flexibility index (Phi) is 2.75. The van der Waals surface area contributed by atoms with Gasteiger partial charge in [0, 0.05) is 18.4 Å². The first-order chi connectivity index (χ1) is 9.13. The van der Waals surface area contributed by atoms with E-state index in [9.17, 15) is 4.79 Å². The molecule has 2 aromatic carbocycles. The van der Waals surface area contributed by atoms with Crippen LogP contribution in [0.3, 0.4) is 0 Å². The quantitative estimate of drug-likeness (QED) is 0.834. The van der Waals surface area contributed by atoms with E-state index in [4.69, 9.17) is 5.73 Å². The molecular weight excluding hydrogens is 236 g/mol. The molecule has 1 aliphatic rings. The number of benzene rings is 2. The minimum absolute atomic E-state index is 0.163. The number of carbonyl (C=O) groups is 1. The molecule has 2 aromatic rings. The van der Waals surface area contributed by atoms with Gasteiger partial charge < -0.3 is 10.6 Å². The lowest BCUT2D eigenvalue weighted by atomic mass is 10.0. The first kappa shape index (κ1) is 11.8. The van der Waals surface area contributed by atoms with Crippen LogP contribution in [0.2, 0.25) is 0 Å². The summed E-state index contributed by atoms with van der Waals surface area (Å²) < 4.78 is 0. The van der Waals surface area contributed by atoms with Crippen LogP contribution >= 0.6 is 0 Å². The largest absolute Gasteiger partial charge is 0.399 e. The highest BCUT2D eigenvalue weighted by molar-refractivity contribution is 6.00. The fourth-order valence-corrected chi connectivity index (χ4v) is 2.57. The van der Waals surface area contributed by atoms with Gasteiger partial charge in [-0.15, -0.1) is 0 Å². The molecule has 19 heavy (non-hydrogen) atoms. The lowest BCUT2D eigenvalue weighted by Crippen LogP contribution is -2.20. The molecule has 0 atom stereocenters. The summed E-state index contributed by atoms with van der Waals surface area (Å²) in [5.74, 6) is 0.163. The molecule has 3 heteroatoms. The maximum absolute atomic E-state index is 11.7. The van der Waals surface area contributed by atoms with Crippen LogP contribution in [-0.4, -0.2) is 13.0 Å². The van der Waals surface area contributed by atoms with Gasteiger partial charge >= 0.3 is 0 Å². The average Bonchev–Trinajstić information content (AvgIpc) is 2.65. The molecule has 0 unspecified atom stereocenters. The van der Waals surface area contributed by atoms with Gasteiger partial charge in [0.2, 0.25) is 5.91 Å². The van der Waals surface area contributed by atoms with Crippen LogP contribution in [0.4, 0.5) is 11.4 Å². The molecule has 0 bridgehead atoms. The number of amides is 1. The van der Waals surface area contributed by atoms with Crippen LogP contribution in [0.15, 0.2) is 42.5 Å². The van der Waals surface area contributed by atoms with Crippen molar-refractivity contribution in [1.82, 2.24) is 0 Å². The number of fused-ring (bicyclic) bond motifs is 1. The van der Waals surface area contributed by atoms with Crippen molar-refractivity contribution in [1.29, 1.82) is 0 Å². The van der Waals surface area contributed by atoms with Gasteiger partial charge in [-0.1, -0.05) is 24.3 Å². The van der Waals surface area contributed by atoms with Crippen LogP contribution in [0.25, 0.3) is 0 Å². The lowest BCUT2D eigenvalue weighted by Gasteiger charge is -2.10. The van der Waals surface area contributed by atoms with Crippen molar-refractivity contribution < 1.29 is 4.79 Å². The molecule has 96 valence electrons. The molecule has 2 N–H and O–H groups in total. The number of nitrogens with zero attached hydrogens (tertiary/aromatic N) is 1. The molecule has 1 amide bonds. The topological polar surface area (TPSA) is 46.3 Å². The van der Waals surface area contributed by atoms with E-state index >= 15 is 0 Å². The molecule has 3 rings (SSSR count). The highest BCUT2D eigenvalue weighted by atomic mass is 16.2. The highest BCUT2D eigenvalue weighted by Crippen LogP contribution is 2.29. The van der Waals surface area contributed by atoms with Gasteiger partial charge in [0.15, 0.2) is 0 Å². The van der Waals surface area contributed by atoms with Crippen LogP contribution in [0.1, 0.15) is 16.7 Å². The molecule has 0 radical (unpaired) electrons. The van der Waals surface area contributed by atoms with Gasteiger partial charge in [-0.05, 0) is 41.3 Å². The van der Waals surface area contributed by atoms with Crippen molar-refractivity contribution >= 4 is 17.3 Å². The molecule has 0 spiro atoms. The van der Waals surface area contributed by atoms with E-state index in [-0.39, 0.29) is 5.91 Å². The molecule has 0 saturated heterocycles. The summed E-state index contributed by atoms with van der Waals surface area (Å²) >= 11 is 0. The molecule has 0 saturated carbocycles. The highest BCUT2D eigenvalue weighted by Gasteiger charge is 2.23. The normalized spacial score (nSPS) is 13.7. The Balaban J connectivity index is 1.88. The second-order valence-corrected chi connectivity index (χ2v) is 5.01. The van der Waals surface area contributed by atoms with Crippen molar-refractivity contribution in [2.24, 2.45) is 0 Å². The number of nitrogen functional groups attached to an aromatic ring is 1. The summed E-state index contributed by atoms with van der Waals surface area (Å²) in [6.45, 7) is 0. The Labute approximate surface area is 112 Å². The minimum atomic E-state index is 0.163. The second-order valence-electron chi connectivity index (χ2n) is 5.01. The monoisotopic (exact) mass is 252 g/mol. The van der Waals surface area contributed by atoms with E-state index in [0.29, 0.717) is 6.42 Å². The fraction of sp³-hybridized carbons (Fsp3) is 0.188. The van der Waals surface area contributed by atoms with Crippen LogP contribution in [-0.2, 0) is 17.6 Å². The number of hydrogen-bond acceptors (Lipinski definition) is 2. The van der Waals surface area contributed by atoms with Gasteiger partial charge in [0.1, 0.15) is 0 Å². The summed E-state index contributed by atoms with van der Waals surface area (Å²) in [7, 11) is 1.83. The van der Waals surface area contributed by atoms with E-state index in [1.54, 1.807) is 4.90 Å². The van der Waals surface area contributed by atoms with Gasteiger partial charge in [0.25, 0.3) is 0 Å². The third-order valence-corrected chi connectivity index (χ3v) is 3.58. The zero-order chi connectivity index (χ0) is 13.4. The molecule has 1 heterocycles. The van der Waals surface area contributed by atoms with Gasteiger partial charge in [-0.2, -0.15) is 0 Å². The van der Waals surface area contributed by atoms with Crippen molar-refractivity contribution in [2.45, 2.75) is 12.8 Å². The molecule has 0 fully saturated rings. The number of anilines is 2. The Hall–Kier alpha value is -2.29. The third kappa shape index (κ3) is 2.19. The average molecular weight is 252 g/mol. The Bertz CT molecular complexity index is 649. The molecular formula is C16H16N2O. The summed E-state index contributed by atoms with van der Waals surface area (Å²) in [5.41, 5.74) is 11.1. The Morgan fingerprint density at radius 3 is 2.74 bits per heavy atom. The van der Waals surface area contributed by atoms with Crippen LogP contribution < -0.4 is 10.6 Å². The van der Waals surface area contributed by atoms with Gasteiger partial charge in [-0.3, -0.25) is 4.79 Å². The third-order valence-electron chi connectivity index (χ3n) is 3.58. The smallest absolute Gasteiger partial charge is 0.231 e. The van der Waals surface area contributed by atoms with E-state index in [1.165, 1.54) is 11.1 Å². The van der Waals surface area contributed by atoms with E-state index < -0.39 is 0 Å².